The van der Waals surface area contributed by atoms with Crippen LogP contribution in [0.1, 0.15) is 31.9 Å². The maximum absolute atomic E-state index is 13.2. The summed E-state index contributed by atoms with van der Waals surface area (Å²) >= 11 is 1.53. The van der Waals surface area contributed by atoms with Gasteiger partial charge >= 0.3 is 5.97 Å². The smallest absolute Gasteiger partial charge is 0.338 e. The third-order valence-corrected chi connectivity index (χ3v) is 6.76. The van der Waals surface area contributed by atoms with E-state index in [1.54, 1.807) is 23.4 Å². The molecule has 0 aliphatic carbocycles. The summed E-state index contributed by atoms with van der Waals surface area (Å²) in [7, 11) is 0. The van der Waals surface area contributed by atoms with Crippen molar-refractivity contribution < 1.29 is 14.3 Å². The fraction of sp³-hybridized carbons (Fsp3) is 0.231. The first kappa shape index (κ1) is 22.2. The van der Waals surface area contributed by atoms with Crippen molar-refractivity contribution in [2.45, 2.75) is 26.3 Å². The quantitative estimate of drug-likeness (QED) is 0.501. The molecule has 0 unspecified atom stereocenters. The number of carbonyl (C=O) groups excluding carboxylic acids is 2. The van der Waals surface area contributed by atoms with Gasteiger partial charge in [-0.1, -0.05) is 60.3 Å². The molecule has 0 bridgehead atoms. The number of para-hydroxylation sites is 1. The standard InChI is InChI=1S/C26H24N4O3S/c1-3-33-25(32)22-17(2)27-26-30(21(31)14-15-34-26)24(22)20-16-29(19-12-8-5-9-13-19)28-23(20)18-10-6-4-7-11-18/h4-13,16,24H,3,14-15H2,1-2H3/t24-/m0/s1. The van der Waals surface area contributed by atoms with Crippen molar-refractivity contribution in [3.8, 4) is 16.9 Å². The van der Waals surface area contributed by atoms with E-state index in [4.69, 9.17) is 9.84 Å². The number of hydrogen-bond donors (Lipinski definition) is 0. The zero-order valence-corrected chi connectivity index (χ0v) is 19.8. The number of esters is 1. The topological polar surface area (TPSA) is 76.8 Å². The largest absolute Gasteiger partial charge is 0.463 e. The molecule has 1 atom stereocenters. The van der Waals surface area contributed by atoms with E-state index in [0.29, 0.717) is 34.3 Å². The van der Waals surface area contributed by atoms with Crippen LogP contribution in [0.4, 0.5) is 0 Å². The number of amidine groups is 1. The average molecular weight is 473 g/mol. The Hall–Kier alpha value is -3.65. The second kappa shape index (κ2) is 9.30. The molecule has 1 fully saturated rings. The fourth-order valence-electron chi connectivity index (χ4n) is 4.28. The highest BCUT2D eigenvalue weighted by Crippen LogP contribution is 2.43. The molecule has 0 radical (unpaired) electrons. The van der Waals surface area contributed by atoms with Gasteiger partial charge < -0.3 is 4.74 Å². The predicted octanol–water partition coefficient (Wildman–Crippen LogP) is 4.75. The fourth-order valence-corrected chi connectivity index (χ4v) is 5.29. The minimum atomic E-state index is -0.681. The minimum Gasteiger partial charge on any atom is -0.463 e. The number of aliphatic imine (C=N–C) groups is 1. The molecule has 1 saturated heterocycles. The van der Waals surface area contributed by atoms with Crippen molar-refractivity contribution in [2.24, 2.45) is 4.99 Å². The van der Waals surface area contributed by atoms with E-state index in [0.717, 1.165) is 16.8 Å². The predicted molar refractivity (Wildman–Crippen MR) is 132 cm³/mol. The number of carbonyl (C=O) groups is 2. The Morgan fingerprint density at radius 2 is 1.82 bits per heavy atom. The SMILES string of the molecule is CCOC(=O)C1=C(C)N=C2SCCC(=O)N2[C@H]1c1cn(-c2ccccc2)nc1-c1ccccc1. The molecule has 2 aromatic carbocycles. The van der Waals surface area contributed by atoms with Crippen molar-refractivity contribution in [3.63, 3.8) is 0 Å². The molecule has 5 rings (SSSR count). The number of thioether (sulfide) groups is 1. The molecule has 1 aromatic heterocycles. The van der Waals surface area contributed by atoms with Crippen LogP contribution in [0.5, 0.6) is 0 Å². The normalized spacial score (nSPS) is 17.9. The molecule has 3 aromatic rings. The van der Waals surface area contributed by atoms with Crippen LogP contribution in [0.15, 0.2) is 83.1 Å². The molecule has 0 N–H and O–H groups in total. The Bertz CT molecular complexity index is 1300. The summed E-state index contributed by atoms with van der Waals surface area (Å²) < 4.78 is 7.21. The van der Waals surface area contributed by atoms with Gasteiger partial charge in [0.1, 0.15) is 6.04 Å². The van der Waals surface area contributed by atoms with E-state index in [2.05, 4.69) is 4.99 Å². The number of nitrogens with zero attached hydrogens (tertiary/aromatic N) is 4. The van der Waals surface area contributed by atoms with Crippen LogP contribution in [-0.4, -0.2) is 44.1 Å². The van der Waals surface area contributed by atoms with Crippen LogP contribution in [0.3, 0.4) is 0 Å². The minimum absolute atomic E-state index is 0.0664. The first-order valence-corrected chi connectivity index (χ1v) is 12.2. The van der Waals surface area contributed by atoms with Gasteiger partial charge in [-0.25, -0.2) is 14.5 Å². The molecule has 3 heterocycles. The average Bonchev–Trinajstić information content (AvgIpc) is 3.30. The van der Waals surface area contributed by atoms with Gasteiger partial charge in [0.05, 0.1) is 29.3 Å². The Morgan fingerprint density at radius 1 is 1.12 bits per heavy atom. The van der Waals surface area contributed by atoms with Crippen molar-refractivity contribution in [1.29, 1.82) is 0 Å². The maximum atomic E-state index is 13.2. The van der Waals surface area contributed by atoms with Gasteiger partial charge in [-0.05, 0) is 26.0 Å². The Morgan fingerprint density at radius 3 is 2.53 bits per heavy atom. The number of allylic oxidation sites excluding steroid dienone is 1. The number of benzene rings is 2. The summed E-state index contributed by atoms with van der Waals surface area (Å²) in [5.41, 5.74) is 4.16. The van der Waals surface area contributed by atoms with Crippen LogP contribution in [-0.2, 0) is 14.3 Å². The van der Waals surface area contributed by atoms with Gasteiger partial charge in [0.15, 0.2) is 5.17 Å². The monoisotopic (exact) mass is 472 g/mol. The summed E-state index contributed by atoms with van der Waals surface area (Å²) in [6, 6.07) is 18.9. The van der Waals surface area contributed by atoms with Gasteiger partial charge in [-0.3, -0.25) is 9.69 Å². The molecule has 1 amide bonds. The van der Waals surface area contributed by atoms with E-state index in [9.17, 15) is 9.59 Å². The number of rotatable bonds is 5. The number of aromatic nitrogens is 2. The lowest BCUT2D eigenvalue weighted by Crippen LogP contribution is -2.45. The summed E-state index contributed by atoms with van der Waals surface area (Å²) in [5.74, 6) is 0.128. The van der Waals surface area contributed by atoms with Crippen LogP contribution < -0.4 is 0 Å². The summed E-state index contributed by atoms with van der Waals surface area (Å²) in [4.78, 5) is 32.6. The molecule has 172 valence electrons. The van der Waals surface area contributed by atoms with E-state index in [1.807, 2.05) is 66.9 Å². The van der Waals surface area contributed by atoms with Crippen molar-refractivity contribution in [1.82, 2.24) is 14.7 Å². The Labute approximate surface area is 202 Å². The Balaban J connectivity index is 1.75. The zero-order valence-electron chi connectivity index (χ0n) is 19.0. The first-order valence-electron chi connectivity index (χ1n) is 11.2. The lowest BCUT2D eigenvalue weighted by Gasteiger charge is -2.38. The third kappa shape index (κ3) is 3.94. The van der Waals surface area contributed by atoms with Crippen molar-refractivity contribution in [3.05, 3.63) is 83.7 Å². The van der Waals surface area contributed by atoms with Crippen LogP contribution in [0, 0.1) is 0 Å². The van der Waals surface area contributed by atoms with Crippen molar-refractivity contribution in [2.75, 3.05) is 12.4 Å². The van der Waals surface area contributed by atoms with Crippen LogP contribution in [0.2, 0.25) is 0 Å². The number of amides is 1. The summed E-state index contributed by atoms with van der Waals surface area (Å²) in [6.45, 7) is 3.80. The second-order valence-corrected chi connectivity index (χ2v) is 9.02. The highest BCUT2D eigenvalue weighted by Gasteiger charge is 2.43. The maximum Gasteiger partial charge on any atom is 0.338 e. The van der Waals surface area contributed by atoms with Gasteiger partial charge in [-0.15, -0.1) is 0 Å². The molecular weight excluding hydrogens is 448 g/mol. The van der Waals surface area contributed by atoms with Crippen molar-refractivity contribution >= 4 is 28.8 Å². The highest BCUT2D eigenvalue weighted by molar-refractivity contribution is 8.14. The number of ether oxygens (including phenoxy) is 1. The molecule has 8 heteroatoms. The van der Waals surface area contributed by atoms with E-state index >= 15 is 0 Å². The van der Waals surface area contributed by atoms with Crippen LogP contribution >= 0.6 is 11.8 Å². The van der Waals surface area contributed by atoms with Gasteiger partial charge in [0.2, 0.25) is 5.91 Å². The molecule has 34 heavy (non-hydrogen) atoms. The number of hydrogen-bond acceptors (Lipinski definition) is 6. The molecule has 0 saturated carbocycles. The lowest BCUT2D eigenvalue weighted by molar-refractivity contribution is -0.139. The van der Waals surface area contributed by atoms with E-state index in [-0.39, 0.29) is 12.5 Å². The third-order valence-electron chi connectivity index (χ3n) is 5.81. The molecule has 2 aliphatic heterocycles. The molecular formula is C26H24N4O3S. The highest BCUT2D eigenvalue weighted by atomic mass is 32.2. The molecule has 0 spiro atoms. The first-order chi connectivity index (χ1) is 16.6. The van der Waals surface area contributed by atoms with Gasteiger partial charge in [0.25, 0.3) is 0 Å². The van der Waals surface area contributed by atoms with Gasteiger partial charge in [0, 0.05) is 29.5 Å². The second-order valence-electron chi connectivity index (χ2n) is 7.96. The lowest BCUT2D eigenvalue weighted by atomic mass is 9.92. The molecule has 2 aliphatic rings. The molecule has 7 nitrogen and oxygen atoms in total. The zero-order chi connectivity index (χ0) is 23.7. The van der Waals surface area contributed by atoms with E-state index in [1.165, 1.54) is 11.8 Å². The summed E-state index contributed by atoms with van der Waals surface area (Å²) in [6.07, 6.45) is 2.28. The summed E-state index contributed by atoms with van der Waals surface area (Å²) in [5, 5.41) is 5.52. The van der Waals surface area contributed by atoms with Gasteiger partial charge in [-0.2, -0.15) is 5.10 Å². The van der Waals surface area contributed by atoms with E-state index < -0.39 is 12.0 Å². The Kier molecular flexibility index (Phi) is 6.06. The van der Waals surface area contributed by atoms with Crippen LogP contribution in [0.25, 0.3) is 16.9 Å². The number of fused-ring (bicyclic) bond motifs is 1.